The standard InChI is InChI=1S/C23H24F4N4O2/c24-12-13-33-18-10-4-15(5-11-18)22(32)29-17-8-6-16(7-9-17)28-20-2-1-3-21-30-19(14-31(20)21)23(25,26)27/h1-5,10-11,14,16-17,28H,6-9,12-13H2,(H,29,32)/t16-,17+. The SMILES string of the molecule is O=C(N[C@H]1CC[C@@H](Nc2cccc3nc(C(F)(F)F)cn23)CC1)c1ccc(OCCF)cc1. The molecule has 176 valence electrons. The van der Waals surface area contributed by atoms with Crippen LogP contribution in [0.15, 0.2) is 48.7 Å². The number of nitrogens with zero attached hydrogens (tertiary/aromatic N) is 2. The predicted molar refractivity (Wildman–Crippen MR) is 115 cm³/mol. The summed E-state index contributed by atoms with van der Waals surface area (Å²) in [4.78, 5) is 16.2. The molecule has 1 aromatic carbocycles. The molecule has 2 heterocycles. The minimum absolute atomic E-state index is 0.0129. The molecule has 2 N–H and O–H groups in total. The number of fused-ring (bicyclic) bond motifs is 1. The molecular formula is C23H24F4N4O2. The minimum Gasteiger partial charge on any atom is -0.491 e. The third kappa shape index (κ3) is 5.55. The molecule has 0 spiro atoms. The number of ether oxygens (including phenoxy) is 1. The van der Waals surface area contributed by atoms with Gasteiger partial charge < -0.3 is 15.4 Å². The van der Waals surface area contributed by atoms with E-state index in [2.05, 4.69) is 15.6 Å². The van der Waals surface area contributed by atoms with Crippen LogP contribution in [0.1, 0.15) is 41.7 Å². The molecule has 2 aromatic heterocycles. The summed E-state index contributed by atoms with van der Waals surface area (Å²) in [7, 11) is 0. The Hall–Kier alpha value is -3.30. The van der Waals surface area contributed by atoms with Crippen molar-refractivity contribution in [2.45, 2.75) is 43.9 Å². The van der Waals surface area contributed by atoms with Gasteiger partial charge in [0.2, 0.25) is 0 Å². The van der Waals surface area contributed by atoms with E-state index < -0.39 is 18.5 Å². The number of benzene rings is 1. The Kier molecular flexibility index (Phi) is 6.71. The van der Waals surface area contributed by atoms with Crippen LogP contribution in [0.2, 0.25) is 0 Å². The highest BCUT2D eigenvalue weighted by molar-refractivity contribution is 5.94. The molecule has 0 bridgehead atoms. The lowest BCUT2D eigenvalue weighted by atomic mass is 9.91. The maximum atomic E-state index is 13.0. The monoisotopic (exact) mass is 464 g/mol. The van der Waals surface area contributed by atoms with Crippen molar-refractivity contribution in [3.8, 4) is 5.75 Å². The lowest BCUT2D eigenvalue weighted by Crippen LogP contribution is -2.40. The van der Waals surface area contributed by atoms with Gasteiger partial charge in [-0.25, -0.2) is 9.37 Å². The zero-order chi connectivity index (χ0) is 23.4. The number of carbonyl (C=O) groups is 1. The smallest absolute Gasteiger partial charge is 0.434 e. The minimum atomic E-state index is -4.50. The van der Waals surface area contributed by atoms with Crippen molar-refractivity contribution in [1.82, 2.24) is 14.7 Å². The van der Waals surface area contributed by atoms with Gasteiger partial charge in [0.1, 0.15) is 30.5 Å². The molecule has 0 radical (unpaired) electrons. The third-order valence-electron chi connectivity index (χ3n) is 5.66. The van der Waals surface area contributed by atoms with Crippen LogP contribution in [0.5, 0.6) is 5.75 Å². The summed E-state index contributed by atoms with van der Waals surface area (Å²) in [5, 5.41) is 6.34. The van der Waals surface area contributed by atoms with Gasteiger partial charge in [0.25, 0.3) is 5.91 Å². The number of imidazole rings is 1. The lowest BCUT2D eigenvalue weighted by Gasteiger charge is -2.30. The molecule has 4 rings (SSSR count). The Morgan fingerprint density at radius 2 is 1.76 bits per heavy atom. The number of rotatable bonds is 7. The normalized spacial score (nSPS) is 18.8. The fourth-order valence-electron chi connectivity index (χ4n) is 3.98. The van der Waals surface area contributed by atoms with Gasteiger partial charge >= 0.3 is 6.18 Å². The highest BCUT2D eigenvalue weighted by Gasteiger charge is 2.34. The Balaban J connectivity index is 1.31. The highest BCUT2D eigenvalue weighted by Crippen LogP contribution is 2.30. The van der Waals surface area contributed by atoms with E-state index in [0.29, 0.717) is 17.1 Å². The van der Waals surface area contributed by atoms with Crippen LogP contribution < -0.4 is 15.4 Å². The van der Waals surface area contributed by atoms with Crippen molar-refractivity contribution in [3.63, 3.8) is 0 Å². The first-order chi connectivity index (χ1) is 15.8. The number of anilines is 1. The second-order valence-electron chi connectivity index (χ2n) is 7.99. The molecule has 1 fully saturated rings. The summed E-state index contributed by atoms with van der Waals surface area (Å²) < 4.78 is 57.8. The summed E-state index contributed by atoms with van der Waals surface area (Å²) in [6.45, 7) is -0.604. The second kappa shape index (κ2) is 9.68. The Labute approximate surface area is 188 Å². The molecule has 1 aliphatic carbocycles. The van der Waals surface area contributed by atoms with Crippen LogP contribution in [-0.4, -0.2) is 40.7 Å². The molecule has 0 saturated heterocycles. The van der Waals surface area contributed by atoms with Crippen LogP contribution >= 0.6 is 0 Å². The molecule has 0 unspecified atom stereocenters. The van der Waals surface area contributed by atoms with Gasteiger partial charge in [-0.15, -0.1) is 0 Å². The maximum Gasteiger partial charge on any atom is 0.434 e. The van der Waals surface area contributed by atoms with Gasteiger partial charge in [0, 0.05) is 23.8 Å². The average molecular weight is 464 g/mol. The second-order valence-corrected chi connectivity index (χ2v) is 7.99. The topological polar surface area (TPSA) is 67.7 Å². The maximum absolute atomic E-state index is 13.0. The van der Waals surface area contributed by atoms with Crippen molar-refractivity contribution < 1.29 is 27.1 Å². The number of halogens is 4. The Morgan fingerprint density at radius 1 is 1.06 bits per heavy atom. The molecule has 6 nitrogen and oxygen atoms in total. The highest BCUT2D eigenvalue weighted by atomic mass is 19.4. The van der Waals surface area contributed by atoms with E-state index in [0.717, 1.165) is 31.9 Å². The van der Waals surface area contributed by atoms with E-state index in [1.807, 2.05) is 0 Å². The van der Waals surface area contributed by atoms with Crippen LogP contribution in [-0.2, 0) is 6.18 Å². The van der Waals surface area contributed by atoms with E-state index in [1.54, 1.807) is 36.4 Å². The molecule has 3 aromatic rings. The number of nitrogens with one attached hydrogen (secondary N) is 2. The molecule has 33 heavy (non-hydrogen) atoms. The number of aromatic nitrogens is 2. The van der Waals surface area contributed by atoms with Crippen LogP contribution in [0.25, 0.3) is 5.65 Å². The molecule has 10 heteroatoms. The van der Waals surface area contributed by atoms with Crippen molar-refractivity contribution in [2.24, 2.45) is 0 Å². The third-order valence-corrected chi connectivity index (χ3v) is 5.66. The number of amides is 1. The van der Waals surface area contributed by atoms with Gasteiger partial charge in [-0.2, -0.15) is 13.2 Å². The summed E-state index contributed by atoms with van der Waals surface area (Å²) in [5.74, 6) is 0.871. The number of carbonyl (C=O) groups excluding carboxylic acids is 1. The number of pyridine rings is 1. The van der Waals surface area contributed by atoms with E-state index in [-0.39, 0.29) is 30.2 Å². The Morgan fingerprint density at radius 3 is 2.42 bits per heavy atom. The predicted octanol–water partition coefficient (Wildman–Crippen LogP) is 4.85. The Bertz CT molecular complexity index is 1090. The molecule has 0 atom stereocenters. The van der Waals surface area contributed by atoms with E-state index in [1.165, 1.54) is 10.5 Å². The van der Waals surface area contributed by atoms with Crippen molar-refractivity contribution >= 4 is 17.4 Å². The molecular weight excluding hydrogens is 440 g/mol. The summed E-state index contributed by atoms with van der Waals surface area (Å²) in [6, 6.07) is 11.6. The van der Waals surface area contributed by atoms with E-state index in [9.17, 15) is 22.4 Å². The molecule has 1 aliphatic rings. The van der Waals surface area contributed by atoms with Crippen molar-refractivity contribution in [1.29, 1.82) is 0 Å². The average Bonchev–Trinajstić information content (AvgIpc) is 3.25. The van der Waals surface area contributed by atoms with Gasteiger partial charge in [0.15, 0.2) is 5.69 Å². The summed E-state index contributed by atoms with van der Waals surface area (Å²) in [6.07, 6.45) is -0.487. The van der Waals surface area contributed by atoms with Crippen molar-refractivity contribution in [3.05, 3.63) is 59.9 Å². The number of alkyl halides is 4. The first-order valence-electron chi connectivity index (χ1n) is 10.7. The lowest BCUT2D eigenvalue weighted by molar-refractivity contribution is -0.140. The van der Waals surface area contributed by atoms with Crippen LogP contribution in [0.3, 0.4) is 0 Å². The van der Waals surface area contributed by atoms with E-state index >= 15 is 0 Å². The fraction of sp³-hybridized carbons (Fsp3) is 0.391. The number of hydrogen-bond acceptors (Lipinski definition) is 4. The largest absolute Gasteiger partial charge is 0.491 e. The zero-order valence-corrected chi connectivity index (χ0v) is 17.7. The van der Waals surface area contributed by atoms with Crippen molar-refractivity contribution in [2.75, 3.05) is 18.6 Å². The first-order valence-corrected chi connectivity index (χ1v) is 10.7. The van der Waals surface area contributed by atoms with Gasteiger partial charge in [-0.05, 0) is 62.1 Å². The zero-order valence-electron chi connectivity index (χ0n) is 17.7. The van der Waals surface area contributed by atoms with Gasteiger partial charge in [-0.3, -0.25) is 9.20 Å². The van der Waals surface area contributed by atoms with Gasteiger partial charge in [0.05, 0.1) is 0 Å². The quantitative estimate of drug-likeness (QED) is 0.491. The fourth-order valence-corrected chi connectivity index (χ4v) is 3.98. The molecule has 0 aliphatic heterocycles. The van der Waals surface area contributed by atoms with Gasteiger partial charge in [-0.1, -0.05) is 6.07 Å². The van der Waals surface area contributed by atoms with Crippen LogP contribution in [0, 0.1) is 0 Å². The molecule has 1 amide bonds. The van der Waals surface area contributed by atoms with Crippen LogP contribution in [0.4, 0.5) is 23.4 Å². The summed E-state index contributed by atoms with van der Waals surface area (Å²) in [5.41, 5.74) is -0.199. The first kappa shape index (κ1) is 22.9. The number of hydrogen-bond donors (Lipinski definition) is 2. The molecule has 1 saturated carbocycles. The summed E-state index contributed by atoms with van der Waals surface area (Å²) >= 11 is 0. The van der Waals surface area contributed by atoms with E-state index in [4.69, 9.17) is 4.74 Å².